The number of carbonyl (C=O) groups is 5. The minimum absolute atomic E-state index is 0.00195. The average Bonchev–Trinajstić information content (AvgIpc) is 1.56. The zero-order valence-electron chi connectivity index (χ0n) is 79.8. The van der Waals surface area contributed by atoms with E-state index in [0.717, 1.165) is 65.5 Å². The van der Waals surface area contributed by atoms with E-state index >= 15 is 8.78 Å². The summed E-state index contributed by atoms with van der Waals surface area (Å²) in [5, 5.41) is 33.2. The molecular weight excluding hydrogens is 2170 g/mol. The van der Waals surface area contributed by atoms with Gasteiger partial charge in [-0.15, -0.1) is 34.0 Å². The van der Waals surface area contributed by atoms with Gasteiger partial charge < -0.3 is 80.9 Å². The Morgan fingerprint density at radius 3 is 0.957 bits per heavy atom. The van der Waals surface area contributed by atoms with Crippen LogP contribution in [0.4, 0.5) is 49.8 Å². The van der Waals surface area contributed by atoms with Gasteiger partial charge in [-0.3, -0.25) is 0 Å². The van der Waals surface area contributed by atoms with Crippen LogP contribution < -0.4 is 18.2 Å². The first kappa shape index (κ1) is 115. The number of nitrogens with zero attached hydrogens (tertiary/aromatic N) is 7. The Balaban J connectivity index is 0.000000213. The summed E-state index contributed by atoms with van der Waals surface area (Å²) in [6.45, 7) is 44.8. The van der Waals surface area contributed by atoms with Gasteiger partial charge in [0.25, 0.3) is 0 Å². The third-order valence-electron chi connectivity index (χ3n) is 19.2. The second-order valence-electron chi connectivity index (χ2n) is 35.6. The van der Waals surface area contributed by atoms with E-state index in [2.05, 4.69) is 81.1 Å². The number of thiazole rings is 5. The fourth-order valence-electron chi connectivity index (χ4n) is 13.3. The number of phenols is 3. The van der Waals surface area contributed by atoms with Gasteiger partial charge in [0.1, 0.15) is 47.9 Å². The van der Waals surface area contributed by atoms with E-state index in [1.165, 1.54) is 63.4 Å². The number of anilines is 2. The van der Waals surface area contributed by atoms with Gasteiger partial charge in [0.05, 0.1) is 81.5 Å². The van der Waals surface area contributed by atoms with Crippen LogP contribution in [0.5, 0.6) is 28.7 Å². The summed E-state index contributed by atoms with van der Waals surface area (Å²) in [7, 11) is -12.2. The quantitative estimate of drug-likeness (QED) is 0.0149. The lowest BCUT2D eigenvalue weighted by atomic mass is 9.99. The van der Waals surface area contributed by atoms with Gasteiger partial charge in [0.2, 0.25) is 0 Å². The Kier molecular flexibility index (Phi) is 37.8. The highest BCUT2D eigenvalue weighted by Gasteiger charge is 2.52. The van der Waals surface area contributed by atoms with Crippen LogP contribution in [0.1, 0.15) is 237 Å². The number of aromatic hydroxyl groups is 3. The summed E-state index contributed by atoms with van der Waals surface area (Å²) in [6.07, 6.45) is -4.83. The summed E-state index contributed by atoms with van der Waals surface area (Å²) in [4.78, 5) is 87.5. The molecule has 0 spiro atoms. The fraction of sp³-hybridized carbons (Fsp3) is 0.545. The highest BCUT2D eigenvalue weighted by atomic mass is 79.9. The van der Waals surface area contributed by atoms with Gasteiger partial charge in [0.15, 0.2) is 81.5 Å². The lowest BCUT2D eigenvalue weighted by Crippen LogP contribution is -2.36. The topological polar surface area (TPSA) is 396 Å². The van der Waals surface area contributed by atoms with E-state index in [1.807, 2.05) is 38.7 Å². The molecular formula is C88H107Br3F9N7O24S7. The number of carbonyl (C=O) groups excluding carboxylic acids is 5. The molecule has 3 N–H and O–H groups in total. The van der Waals surface area contributed by atoms with Crippen LogP contribution >= 0.6 is 104 Å². The Hall–Kier alpha value is -7.99. The second-order valence-corrected chi connectivity index (χ2v) is 47.4. The number of ether oxygens (including phenoxy) is 10. The first-order valence-corrected chi connectivity index (χ1v) is 51.8. The number of halogens is 12. The van der Waals surface area contributed by atoms with E-state index in [0.29, 0.717) is 46.5 Å². The number of benzene rings is 5. The summed E-state index contributed by atoms with van der Waals surface area (Å²) < 4.78 is 237. The predicted octanol–water partition coefficient (Wildman–Crippen LogP) is 22.8. The number of aryl methyl sites for hydroxylation is 2. The van der Waals surface area contributed by atoms with Gasteiger partial charge in [-0.05, 0) is 274 Å². The third-order valence-corrected chi connectivity index (χ3v) is 27.9. The van der Waals surface area contributed by atoms with Crippen molar-refractivity contribution in [3.63, 3.8) is 0 Å². The van der Waals surface area contributed by atoms with Crippen LogP contribution in [0.15, 0.2) is 23.9 Å². The maximum Gasteiger partial charge on any atom is 0.534 e. The van der Waals surface area contributed by atoms with E-state index in [-0.39, 0.29) is 134 Å². The Labute approximate surface area is 836 Å². The van der Waals surface area contributed by atoms with Crippen molar-refractivity contribution < 1.29 is 151 Å². The summed E-state index contributed by atoms with van der Waals surface area (Å²) in [6, 6.07) is 3.33. The molecule has 7 heterocycles. The van der Waals surface area contributed by atoms with Crippen molar-refractivity contribution in [1.29, 1.82) is 0 Å². The molecule has 2 saturated heterocycles. The molecule has 50 heteroatoms. The van der Waals surface area contributed by atoms with Crippen molar-refractivity contribution in [3.05, 3.63) is 97.0 Å². The van der Waals surface area contributed by atoms with Gasteiger partial charge in [-0.25, -0.2) is 62.1 Å². The largest absolute Gasteiger partial charge is 0.534 e. The highest BCUT2D eigenvalue weighted by Crippen LogP contribution is 2.53. The van der Waals surface area contributed by atoms with Crippen molar-refractivity contribution in [2.24, 2.45) is 0 Å². The number of aromatic nitrogens is 5. The predicted molar refractivity (Wildman–Crippen MR) is 516 cm³/mol. The van der Waals surface area contributed by atoms with E-state index in [4.69, 9.17) is 47.4 Å². The number of hydrogen-bond donors (Lipinski definition) is 3. The minimum atomic E-state index is -6.18. The molecule has 0 unspecified atom stereocenters. The number of esters is 5. The molecule has 0 radical (unpaired) electrons. The molecule has 5 aromatic heterocycles. The van der Waals surface area contributed by atoms with Gasteiger partial charge in [-0.1, -0.05) is 22.7 Å². The fourth-order valence-corrected chi connectivity index (χ4v) is 20.8. The number of fused-ring (bicyclic) bond motifs is 5. The van der Waals surface area contributed by atoms with E-state index < -0.39 is 154 Å². The zero-order valence-corrected chi connectivity index (χ0v) is 90.2. The second kappa shape index (κ2) is 45.3. The van der Waals surface area contributed by atoms with E-state index in [1.54, 1.807) is 116 Å². The molecule has 764 valence electrons. The number of rotatable bonds is 26. The van der Waals surface area contributed by atoms with Crippen molar-refractivity contribution in [2.75, 3.05) is 69.0 Å². The zero-order chi connectivity index (χ0) is 104. The molecule has 138 heavy (non-hydrogen) atoms. The van der Waals surface area contributed by atoms with Crippen molar-refractivity contribution in [2.45, 2.75) is 255 Å². The number of hydrogen-bond acceptors (Lipinski definition) is 36. The summed E-state index contributed by atoms with van der Waals surface area (Å²) >= 11 is 14.9. The van der Waals surface area contributed by atoms with Gasteiger partial charge in [0, 0.05) is 54.0 Å². The molecule has 0 saturated carbocycles. The molecule has 0 bridgehead atoms. The lowest BCUT2D eigenvalue weighted by molar-refractivity contribution is -0.167. The summed E-state index contributed by atoms with van der Waals surface area (Å²) in [5.74, 6) is -7.75. The standard InChI is InChI=1S/C20H24F4N2O6S2.C19H25FN2O4S.C17H19BrF3NO6S2.C16H19BrFNO4S.C16H20BrNO4S/c1-6-30-17(27)15(31-19(3,4)5)11-10(2)12(21)13-16(33-18(25-13)26-8-7-9-26)14(11)32-34(28,29)20(22,23)24;1-6-25-17(24)15(26-19(3,4)5)11-10(2)12(20)13-16(14(11)23)27-18(21-13)22-8-7-9-22;1-6-26-14(23)12(27-16(3,4)5)10-8(2)7-9-13(29-15(18)22-9)11(10)28-30(24,25)17(19,20)21;1-6-22-14(21)12(23-16(3,4)5)8-7(2)9(18)10-13(11(8)20)24-15(17)19-10;1-6-21-14(20)12(22-16(3,4)5)10-8(2)7-9-13(11(10)19)23-15(17)18-9/h15H,6-9H2,1-5H3;15,23H,6-9H2,1-5H3;7,12H,6H2,1-5H3;12,20H,6H2,1-5H3;7,12,19H,6H2,1-5H3/t2*15-;3*12-/m00000/s1. The maximum absolute atomic E-state index is 15.4. The molecule has 12 rings (SSSR count). The Morgan fingerprint density at radius 1 is 0.377 bits per heavy atom. The minimum Gasteiger partial charge on any atom is -0.506 e. The first-order valence-electron chi connectivity index (χ1n) is 42.5. The molecule has 2 aliphatic rings. The smallest absolute Gasteiger partial charge is 0.506 e. The lowest BCUT2D eigenvalue weighted by Gasteiger charge is -2.30. The molecule has 5 atom stereocenters. The maximum atomic E-state index is 15.4. The first-order chi connectivity index (χ1) is 63.5. The number of alkyl halides is 6. The molecule has 10 aromatic rings. The Bertz CT molecular complexity index is 6410. The van der Waals surface area contributed by atoms with Crippen LogP contribution in [0.3, 0.4) is 0 Å². The molecule has 2 fully saturated rings. The molecule has 31 nitrogen and oxygen atoms in total. The van der Waals surface area contributed by atoms with Gasteiger partial charge in [-0.2, -0.15) is 43.2 Å². The molecule has 0 amide bonds. The van der Waals surface area contributed by atoms with Crippen LogP contribution in [0.25, 0.3) is 51.1 Å². The van der Waals surface area contributed by atoms with Crippen LogP contribution in [0.2, 0.25) is 0 Å². The SMILES string of the molecule is CCOC(=O)[C@@H](OC(C)(C)C)c1c(C)c(F)c2nc(Br)sc2c1O.CCOC(=O)[C@@H](OC(C)(C)C)c1c(C)c(F)c2nc(N3CCC3)sc2c1O.CCOC(=O)[C@@H](OC(C)(C)C)c1c(C)c(F)c2nc(N3CCC3)sc2c1OS(=O)(=O)C(F)(F)F.CCOC(=O)[C@@H](OC(C)(C)C)c1c(C)cc2nc(Br)sc2c1O.CCOC(=O)[C@@H](OC(C)(C)C)c1c(C)cc2nc(Br)sc2c1OS(=O)(=O)C(F)(F)F. The highest BCUT2D eigenvalue weighted by molar-refractivity contribution is 9.11. The van der Waals surface area contributed by atoms with Crippen LogP contribution in [0, 0.1) is 52.1 Å². The summed E-state index contributed by atoms with van der Waals surface area (Å²) in [5.41, 5.74) is -13.9. The van der Waals surface area contributed by atoms with Crippen LogP contribution in [-0.2, 0) is 91.6 Å². The average molecular weight is 2280 g/mol. The number of phenolic OH excluding ortho intramolecular Hbond substituents is 3. The van der Waals surface area contributed by atoms with E-state index in [9.17, 15) is 86.9 Å². The monoisotopic (exact) mass is 2280 g/mol. The molecule has 5 aromatic carbocycles. The third kappa shape index (κ3) is 27.9. The molecule has 2 aliphatic heterocycles. The van der Waals surface area contributed by atoms with Crippen molar-refractivity contribution in [3.8, 4) is 28.7 Å². The van der Waals surface area contributed by atoms with Crippen molar-refractivity contribution in [1.82, 2.24) is 24.9 Å². The van der Waals surface area contributed by atoms with Crippen LogP contribution in [-0.4, -0.2) is 185 Å². The van der Waals surface area contributed by atoms with Gasteiger partial charge >= 0.3 is 61.1 Å². The van der Waals surface area contributed by atoms with Crippen molar-refractivity contribution >= 4 is 216 Å². The Morgan fingerprint density at radius 2 is 0.630 bits per heavy atom. The normalized spacial score (nSPS) is 14.6. The molecule has 0 aliphatic carbocycles.